The Bertz CT molecular complexity index is 769. The molecule has 0 saturated heterocycles. The Morgan fingerprint density at radius 3 is 2.57 bits per heavy atom. The lowest BCUT2D eigenvalue weighted by Gasteiger charge is -2.04. The van der Waals surface area contributed by atoms with Crippen molar-refractivity contribution in [2.75, 3.05) is 0 Å². The molecule has 0 saturated carbocycles. The molecular formula is C12H14N2O5S2. The van der Waals surface area contributed by atoms with E-state index in [0.29, 0.717) is 22.6 Å². The summed E-state index contributed by atoms with van der Waals surface area (Å²) in [5, 5.41) is 12.7. The zero-order valence-electron chi connectivity index (χ0n) is 11.6. The topological polar surface area (TPSA) is 110 Å². The molecule has 0 unspecified atom stereocenters. The van der Waals surface area contributed by atoms with Crippen LogP contribution in [0.15, 0.2) is 14.8 Å². The summed E-state index contributed by atoms with van der Waals surface area (Å²) in [4.78, 5) is 11.0. The first kappa shape index (κ1) is 15.7. The predicted octanol–water partition coefficient (Wildman–Crippen LogP) is 1.84. The minimum atomic E-state index is -3.77. The van der Waals surface area contributed by atoms with Gasteiger partial charge in [-0.25, -0.2) is 17.9 Å². The van der Waals surface area contributed by atoms with Crippen LogP contribution in [0.3, 0.4) is 0 Å². The molecule has 114 valence electrons. The minimum absolute atomic E-state index is 0.0210. The molecular weight excluding hydrogens is 316 g/mol. The summed E-state index contributed by atoms with van der Waals surface area (Å²) in [5.74, 6) is -0.589. The zero-order chi connectivity index (χ0) is 15.8. The molecule has 2 N–H and O–H groups in total. The maximum absolute atomic E-state index is 12.2. The van der Waals surface area contributed by atoms with Gasteiger partial charge in [-0.05, 0) is 32.4 Å². The number of carboxylic acid groups (broad SMARTS) is 1. The van der Waals surface area contributed by atoms with Gasteiger partial charge < -0.3 is 9.63 Å². The van der Waals surface area contributed by atoms with Gasteiger partial charge in [0, 0.05) is 12.1 Å². The van der Waals surface area contributed by atoms with Crippen molar-refractivity contribution in [3.8, 4) is 0 Å². The lowest BCUT2D eigenvalue weighted by molar-refractivity contribution is 0.0701. The van der Waals surface area contributed by atoms with E-state index in [9.17, 15) is 13.2 Å². The van der Waals surface area contributed by atoms with Gasteiger partial charge in [-0.15, -0.1) is 11.3 Å². The first-order valence-corrected chi connectivity index (χ1v) is 8.27. The molecule has 0 fully saturated rings. The highest BCUT2D eigenvalue weighted by atomic mass is 32.2. The van der Waals surface area contributed by atoms with Gasteiger partial charge in [-0.2, -0.15) is 0 Å². The molecule has 0 amide bonds. The van der Waals surface area contributed by atoms with Crippen LogP contribution in [0.5, 0.6) is 0 Å². The number of nitrogens with zero attached hydrogens (tertiary/aromatic N) is 1. The van der Waals surface area contributed by atoms with Crippen LogP contribution in [-0.2, 0) is 16.6 Å². The summed E-state index contributed by atoms with van der Waals surface area (Å²) in [6, 6.07) is 1.35. The number of aromatic carboxylic acids is 1. The Hall–Kier alpha value is -1.71. The average Bonchev–Trinajstić information content (AvgIpc) is 2.92. The van der Waals surface area contributed by atoms with E-state index >= 15 is 0 Å². The normalized spacial score (nSPS) is 11.8. The number of hydrogen-bond acceptors (Lipinski definition) is 6. The summed E-state index contributed by atoms with van der Waals surface area (Å²) in [5.41, 5.74) is 1.71. The van der Waals surface area contributed by atoms with Crippen molar-refractivity contribution in [3.05, 3.63) is 33.5 Å². The second-order valence-electron chi connectivity index (χ2n) is 4.51. The van der Waals surface area contributed by atoms with Gasteiger partial charge in [-0.1, -0.05) is 5.16 Å². The van der Waals surface area contributed by atoms with Crippen molar-refractivity contribution in [2.45, 2.75) is 31.5 Å². The van der Waals surface area contributed by atoms with E-state index in [2.05, 4.69) is 9.88 Å². The standard InChI is InChI=1S/C12H14N2O5S2/c1-6-4-10(20-11(6)12(15)16)21(17,18)13-5-9-7(2)14-19-8(9)3/h4,13H,5H2,1-3H3,(H,15,16). The smallest absolute Gasteiger partial charge is 0.346 e. The monoisotopic (exact) mass is 330 g/mol. The van der Waals surface area contributed by atoms with E-state index in [0.717, 1.165) is 11.3 Å². The van der Waals surface area contributed by atoms with Crippen LogP contribution in [0.2, 0.25) is 0 Å². The van der Waals surface area contributed by atoms with Gasteiger partial charge in [0.05, 0.1) is 5.69 Å². The number of aryl methyl sites for hydroxylation is 3. The van der Waals surface area contributed by atoms with E-state index in [-0.39, 0.29) is 15.6 Å². The molecule has 9 heteroatoms. The van der Waals surface area contributed by atoms with Crippen LogP contribution in [0.25, 0.3) is 0 Å². The lowest BCUT2D eigenvalue weighted by Crippen LogP contribution is -2.22. The Balaban J connectivity index is 2.23. The van der Waals surface area contributed by atoms with Gasteiger partial charge in [0.2, 0.25) is 10.0 Å². The summed E-state index contributed by atoms with van der Waals surface area (Å²) in [6.45, 7) is 5.02. The number of carbonyl (C=O) groups is 1. The highest BCUT2D eigenvalue weighted by molar-refractivity contribution is 7.91. The fourth-order valence-corrected chi connectivity index (χ4v) is 4.21. The van der Waals surface area contributed by atoms with Crippen LogP contribution in [0, 0.1) is 20.8 Å². The first-order chi connectivity index (χ1) is 9.72. The molecule has 0 aliphatic rings. The largest absolute Gasteiger partial charge is 0.477 e. The van der Waals surface area contributed by atoms with Crippen molar-refractivity contribution < 1.29 is 22.8 Å². The maximum atomic E-state index is 12.2. The Morgan fingerprint density at radius 2 is 2.10 bits per heavy atom. The van der Waals surface area contributed by atoms with E-state index in [4.69, 9.17) is 9.63 Å². The third kappa shape index (κ3) is 3.14. The molecule has 2 aromatic rings. The van der Waals surface area contributed by atoms with E-state index < -0.39 is 16.0 Å². The maximum Gasteiger partial charge on any atom is 0.346 e. The second kappa shape index (κ2) is 5.58. The molecule has 21 heavy (non-hydrogen) atoms. The van der Waals surface area contributed by atoms with Crippen LogP contribution in [0.4, 0.5) is 0 Å². The summed E-state index contributed by atoms with van der Waals surface area (Å²) in [7, 11) is -3.77. The molecule has 0 atom stereocenters. The number of rotatable bonds is 5. The fourth-order valence-electron chi connectivity index (χ4n) is 1.79. The average molecular weight is 330 g/mol. The molecule has 2 rings (SSSR count). The van der Waals surface area contributed by atoms with E-state index in [1.807, 2.05) is 0 Å². The third-order valence-electron chi connectivity index (χ3n) is 2.97. The number of thiophene rings is 1. The zero-order valence-corrected chi connectivity index (χ0v) is 13.3. The molecule has 0 aliphatic heterocycles. The van der Waals surface area contributed by atoms with Gasteiger partial charge in [-0.3, -0.25) is 0 Å². The van der Waals surface area contributed by atoms with Crippen LogP contribution in [0.1, 0.15) is 32.3 Å². The molecule has 0 spiro atoms. The summed E-state index contributed by atoms with van der Waals surface area (Å²) in [6.07, 6.45) is 0. The molecule has 0 bridgehead atoms. The Morgan fingerprint density at radius 1 is 1.43 bits per heavy atom. The minimum Gasteiger partial charge on any atom is -0.477 e. The van der Waals surface area contributed by atoms with Crippen molar-refractivity contribution >= 4 is 27.3 Å². The highest BCUT2D eigenvalue weighted by Crippen LogP contribution is 2.26. The van der Waals surface area contributed by atoms with Gasteiger partial charge in [0.15, 0.2) is 0 Å². The predicted molar refractivity (Wildman–Crippen MR) is 76.0 cm³/mol. The molecule has 2 heterocycles. The van der Waals surface area contributed by atoms with Crippen molar-refractivity contribution in [3.63, 3.8) is 0 Å². The number of aromatic nitrogens is 1. The third-order valence-corrected chi connectivity index (χ3v) is 6.07. The lowest BCUT2D eigenvalue weighted by atomic mass is 10.2. The SMILES string of the molecule is Cc1cc(S(=O)(=O)NCc2c(C)noc2C)sc1C(=O)O. The van der Waals surface area contributed by atoms with Gasteiger partial charge in [0.1, 0.15) is 14.8 Å². The van der Waals surface area contributed by atoms with Crippen molar-refractivity contribution in [1.82, 2.24) is 9.88 Å². The van der Waals surface area contributed by atoms with E-state index in [1.165, 1.54) is 6.07 Å². The fraction of sp³-hybridized carbons (Fsp3) is 0.333. The Kier molecular flexibility index (Phi) is 4.17. The van der Waals surface area contributed by atoms with E-state index in [1.54, 1.807) is 20.8 Å². The van der Waals surface area contributed by atoms with Gasteiger partial charge >= 0.3 is 5.97 Å². The number of nitrogens with one attached hydrogen (secondary N) is 1. The number of sulfonamides is 1. The van der Waals surface area contributed by atoms with Crippen LogP contribution in [-0.4, -0.2) is 24.7 Å². The second-order valence-corrected chi connectivity index (χ2v) is 7.56. The Labute approximate surface area is 125 Å². The van der Waals surface area contributed by atoms with Gasteiger partial charge in [0.25, 0.3) is 0 Å². The molecule has 2 aromatic heterocycles. The van der Waals surface area contributed by atoms with Crippen LogP contribution < -0.4 is 4.72 Å². The molecule has 7 nitrogen and oxygen atoms in total. The van der Waals surface area contributed by atoms with Crippen LogP contribution >= 0.6 is 11.3 Å². The quantitative estimate of drug-likeness (QED) is 0.865. The molecule has 0 aromatic carbocycles. The number of carboxylic acids is 1. The highest BCUT2D eigenvalue weighted by Gasteiger charge is 2.22. The summed E-state index contributed by atoms with van der Waals surface area (Å²) < 4.78 is 31.8. The van der Waals surface area contributed by atoms with Crippen molar-refractivity contribution in [1.29, 1.82) is 0 Å². The summed E-state index contributed by atoms with van der Waals surface area (Å²) >= 11 is 0.731. The number of hydrogen-bond donors (Lipinski definition) is 2. The molecule has 0 aliphatic carbocycles. The first-order valence-electron chi connectivity index (χ1n) is 5.97. The molecule has 0 radical (unpaired) electrons. The van der Waals surface area contributed by atoms with Crippen molar-refractivity contribution in [2.24, 2.45) is 0 Å².